The summed E-state index contributed by atoms with van der Waals surface area (Å²) >= 11 is 0. The van der Waals surface area contributed by atoms with Crippen LogP contribution in [0, 0.1) is 5.41 Å². The highest BCUT2D eigenvalue weighted by Gasteiger charge is 2.26. The summed E-state index contributed by atoms with van der Waals surface area (Å²) in [5.74, 6) is 0.124. The minimum Gasteiger partial charge on any atom is -0.326 e. The molecule has 1 aromatic carbocycles. The van der Waals surface area contributed by atoms with Crippen LogP contribution < -0.4 is 10.6 Å². The summed E-state index contributed by atoms with van der Waals surface area (Å²) in [5.41, 5.74) is 3.71. The molecule has 0 bridgehead atoms. The average molecular weight is 260 g/mol. The molecule has 3 nitrogen and oxygen atoms in total. The van der Waals surface area contributed by atoms with Gasteiger partial charge in [-0.25, -0.2) is 0 Å². The van der Waals surface area contributed by atoms with Gasteiger partial charge in [0.15, 0.2) is 0 Å². The SMILES string of the molecule is CCNC(c1ccc2c(c1)CCC(=O)N2)C(C)(C)C. The van der Waals surface area contributed by atoms with Crippen molar-refractivity contribution in [3.05, 3.63) is 29.3 Å². The van der Waals surface area contributed by atoms with Gasteiger partial charge in [-0.15, -0.1) is 0 Å². The fourth-order valence-electron chi connectivity index (χ4n) is 2.71. The molecule has 0 spiro atoms. The molecule has 1 amide bonds. The molecule has 1 aliphatic heterocycles. The molecular formula is C16H24N2O. The van der Waals surface area contributed by atoms with Gasteiger partial charge in [0.1, 0.15) is 0 Å². The van der Waals surface area contributed by atoms with E-state index in [0.29, 0.717) is 12.5 Å². The topological polar surface area (TPSA) is 41.1 Å². The summed E-state index contributed by atoms with van der Waals surface area (Å²) in [6, 6.07) is 6.74. The van der Waals surface area contributed by atoms with Crippen LogP contribution in [0.3, 0.4) is 0 Å². The molecule has 3 heteroatoms. The van der Waals surface area contributed by atoms with Crippen LogP contribution in [-0.4, -0.2) is 12.5 Å². The van der Waals surface area contributed by atoms with Crippen molar-refractivity contribution in [2.24, 2.45) is 5.41 Å². The minimum absolute atomic E-state index is 0.124. The van der Waals surface area contributed by atoms with Crippen molar-refractivity contribution in [3.8, 4) is 0 Å². The molecule has 2 N–H and O–H groups in total. The Hall–Kier alpha value is -1.35. The van der Waals surface area contributed by atoms with Crippen LogP contribution in [0.15, 0.2) is 18.2 Å². The Kier molecular flexibility index (Phi) is 3.95. The minimum atomic E-state index is 0.124. The maximum Gasteiger partial charge on any atom is 0.224 e. The number of nitrogens with one attached hydrogen (secondary N) is 2. The Labute approximate surface area is 115 Å². The van der Waals surface area contributed by atoms with Crippen LogP contribution in [0.25, 0.3) is 0 Å². The number of aryl methyl sites for hydroxylation is 1. The zero-order valence-corrected chi connectivity index (χ0v) is 12.3. The highest BCUT2D eigenvalue weighted by atomic mass is 16.1. The van der Waals surface area contributed by atoms with Crippen LogP contribution in [0.4, 0.5) is 5.69 Å². The normalized spacial score (nSPS) is 16.7. The molecule has 1 heterocycles. The first-order valence-corrected chi connectivity index (χ1v) is 7.08. The van der Waals surface area contributed by atoms with Crippen molar-refractivity contribution in [2.75, 3.05) is 11.9 Å². The van der Waals surface area contributed by atoms with E-state index in [1.807, 2.05) is 6.07 Å². The van der Waals surface area contributed by atoms with Crippen molar-refractivity contribution in [2.45, 2.75) is 46.6 Å². The van der Waals surface area contributed by atoms with Gasteiger partial charge >= 0.3 is 0 Å². The van der Waals surface area contributed by atoms with Crippen LogP contribution in [-0.2, 0) is 11.2 Å². The largest absolute Gasteiger partial charge is 0.326 e. The van der Waals surface area contributed by atoms with E-state index in [9.17, 15) is 4.79 Å². The van der Waals surface area contributed by atoms with Gasteiger partial charge in [-0.3, -0.25) is 4.79 Å². The molecule has 1 unspecified atom stereocenters. The van der Waals surface area contributed by atoms with Crippen LogP contribution in [0.1, 0.15) is 51.3 Å². The molecular weight excluding hydrogens is 236 g/mol. The van der Waals surface area contributed by atoms with E-state index in [1.165, 1.54) is 11.1 Å². The number of hydrogen-bond donors (Lipinski definition) is 2. The zero-order valence-electron chi connectivity index (χ0n) is 12.3. The second-order valence-electron chi connectivity index (χ2n) is 6.32. The predicted octanol–water partition coefficient (Wildman–Crippen LogP) is 3.27. The Morgan fingerprint density at radius 3 is 2.68 bits per heavy atom. The number of anilines is 1. The van der Waals surface area contributed by atoms with Gasteiger partial charge in [-0.2, -0.15) is 0 Å². The van der Waals surface area contributed by atoms with Gasteiger partial charge < -0.3 is 10.6 Å². The maximum absolute atomic E-state index is 11.4. The van der Waals surface area contributed by atoms with E-state index in [4.69, 9.17) is 0 Å². The highest BCUT2D eigenvalue weighted by molar-refractivity contribution is 5.93. The molecule has 1 aromatic rings. The lowest BCUT2D eigenvalue weighted by Gasteiger charge is -2.32. The van der Waals surface area contributed by atoms with Crippen molar-refractivity contribution < 1.29 is 4.79 Å². The van der Waals surface area contributed by atoms with Crippen LogP contribution >= 0.6 is 0 Å². The van der Waals surface area contributed by atoms with E-state index in [1.54, 1.807) is 0 Å². The third kappa shape index (κ3) is 3.16. The predicted molar refractivity (Wildman–Crippen MR) is 79.3 cm³/mol. The van der Waals surface area contributed by atoms with E-state index in [0.717, 1.165) is 18.7 Å². The summed E-state index contributed by atoms with van der Waals surface area (Å²) in [6.45, 7) is 9.85. The number of benzene rings is 1. The average Bonchev–Trinajstić information content (AvgIpc) is 2.34. The Morgan fingerprint density at radius 1 is 1.32 bits per heavy atom. The summed E-state index contributed by atoms with van der Waals surface area (Å²) in [5, 5.41) is 6.50. The monoisotopic (exact) mass is 260 g/mol. The Bertz CT molecular complexity index is 474. The number of hydrogen-bond acceptors (Lipinski definition) is 2. The van der Waals surface area contributed by atoms with Crippen LogP contribution in [0.2, 0.25) is 0 Å². The first kappa shape index (κ1) is 14.1. The van der Waals surface area contributed by atoms with Gasteiger partial charge in [-0.1, -0.05) is 39.8 Å². The molecule has 0 saturated heterocycles. The number of carbonyl (C=O) groups excluding carboxylic acids is 1. The number of fused-ring (bicyclic) bond motifs is 1. The molecule has 19 heavy (non-hydrogen) atoms. The fourth-order valence-corrected chi connectivity index (χ4v) is 2.71. The second kappa shape index (κ2) is 5.33. The van der Waals surface area contributed by atoms with Crippen molar-refractivity contribution >= 4 is 11.6 Å². The molecule has 1 aliphatic rings. The number of carbonyl (C=O) groups is 1. The zero-order chi connectivity index (χ0) is 14.0. The quantitative estimate of drug-likeness (QED) is 0.875. The second-order valence-corrected chi connectivity index (χ2v) is 6.32. The smallest absolute Gasteiger partial charge is 0.224 e. The standard InChI is InChI=1S/C16H24N2O/c1-5-17-15(16(2,3)4)12-6-8-13-11(10-12)7-9-14(19)18-13/h6,8,10,15,17H,5,7,9H2,1-4H3,(H,18,19). The van der Waals surface area contributed by atoms with Gasteiger partial charge in [0.25, 0.3) is 0 Å². The molecule has 0 aromatic heterocycles. The van der Waals surface area contributed by atoms with Crippen LogP contribution in [0.5, 0.6) is 0 Å². The van der Waals surface area contributed by atoms with Crippen molar-refractivity contribution in [1.29, 1.82) is 0 Å². The molecule has 0 radical (unpaired) electrons. The molecule has 0 aliphatic carbocycles. The van der Waals surface area contributed by atoms with Gasteiger partial charge in [-0.05, 0) is 35.6 Å². The molecule has 2 rings (SSSR count). The fraction of sp³-hybridized carbons (Fsp3) is 0.562. The Balaban J connectivity index is 2.32. The molecule has 1 atom stereocenters. The molecule has 104 valence electrons. The van der Waals surface area contributed by atoms with Crippen molar-refractivity contribution in [1.82, 2.24) is 5.32 Å². The summed E-state index contributed by atoms with van der Waals surface area (Å²) in [7, 11) is 0. The lowest BCUT2D eigenvalue weighted by Crippen LogP contribution is -2.32. The first-order chi connectivity index (χ1) is 8.91. The highest BCUT2D eigenvalue weighted by Crippen LogP contribution is 2.35. The van der Waals surface area contributed by atoms with Gasteiger partial charge in [0.2, 0.25) is 5.91 Å². The summed E-state index contributed by atoms with van der Waals surface area (Å²) in [6.07, 6.45) is 1.44. The van der Waals surface area contributed by atoms with E-state index >= 15 is 0 Å². The van der Waals surface area contributed by atoms with Crippen molar-refractivity contribution in [3.63, 3.8) is 0 Å². The summed E-state index contributed by atoms with van der Waals surface area (Å²) in [4.78, 5) is 11.4. The molecule has 0 saturated carbocycles. The van der Waals surface area contributed by atoms with Gasteiger partial charge in [0, 0.05) is 18.2 Å². The Morgan fingerprint density at radius 2 is 2.05 bits per heavy atom. The van der Waals surface area contributed by atoms with E-state index < -0.39 is 0 Å². The number of rotatable bonds is 3. The maximum atomic E-state index is 11.4. The lowest BCUT2D eigenvalue weighted by atomic mass is 9.81. The van der Waals surface area contributed by atoms with Gasteiger partial charge in [0.05, 0.1) is 0 Å². The van der Waals surface area contributed by atoms with E-state index in [-0.39, 0.29) is 11.3 Å². The third-order valence-corrected chi connectivity index (χ3v) is 3.63. The molecule has 0 fully saturated rings. The summed E-state index contributed by atoms with van der Waals surface area (Å²) < 4.78 is 0. The van der Waals surface area contributed by atoms with E-state index in [2.05, 4.69) is 50.5 Å². The first-order valence-electron chi connectivity index (χ1n) is 7.08. The number of amides is 1. The lowest BCUT2D eigenvalue weighted by molar-refractivity contribution is -0.116. The third-order valence-electron chi connectivity index (χ3n) is 3.63.